The second kappa shape index (κ2) is 7.87. The van der Waals surface area contributed by atoms with E-state index in [1.807, 2.05) is 31.2 Å². The van der Waals surface area contributed by atoms with Crippen molar-refractivity contribution in [3.63, 3.8) is 0 Å². The van der Waals surface area contributed by atoms with Gasteiger partial charge in [-0.15, -0.1) is 0 Å². The van der Waals surface area contributed by atoms with E-state index in [1.165, 1.54) is 6.08 Å². The maximum absolute atomic E-state index is 12.0. The van der Waals surface area contributed by atoms with Gasteiger partial charge >= 0.3 is 6.18 Å². The Bertz CT molecular complexity index is 794. The van der Waals surface area contributed by atoms with Gasteiger partial charge in [0.1, 0.15) is 17.9 Å². The maximum Gasteiger partial charge on any atom is 0.405 e. The fourth-order valence-corrected chi connectivity index (χ4v) is 2.21. The number of para-hydroxylation sites is 1. The normalized spacial score (nSPS) is 11.8. The van der Waals surface area contributed by atoms with E-state index in [2.05, 4.69) is 5.32 Å². The van der Waals surface area contributed by atoms with Gasteiger partial charge in [0.2, 0.25) is 11.8 Å². The zero-order valence-electron chi connectivity index (χ0n) is 13.4. The van der Waals surface area contributed by atoms with Gasteiger partial charge in [-0.3, -0.25) is 9.59 Å². The summed E-state index contributed by atoms with van der Waals surface area (Å²) in [5.41, 5.74) is 1.46. The lowest BCUT2D eigenvalue weighted by Gasteiger charge is -2.08. The summed E-state index contributed by atoms with van der Waals surface area (Å²) in [6.07, 6.45) is -1.07. The van der Waals surface area contributed by atoms with Gasteiger partial charge in [-0.25, -0.2) is 0 Å². The molecule has 1 aromatic carbocycles. The summed E-state index contributed by atoms with van der Waals surface area (Å²) in [6, 6.07) is 7.36. The van der Waals surface area contributed by atoms with E-state index >= 15 is 0 Å². The molecule has 0 spiro atoms. The monoisotopic (exact) mass is 354 g/mol. The van der Waals surface area contributed by atoms with Crippen molar-refractivity contribution >= 4 is 28.9 Å². The molecule has 0 unspecified atom stereocenters. The number of rotatable bonds is 6. The zero-order valence-corrected chi connectivity index (χ0v) is 13.4. The number of carbonyl (C=O) groups is 2. The van der Waals surface area contributed by atoms with E-state index in [-0.39, 0.29) is 0 Å². The van der Waals surface area contributed by atoms with Gasteiger partial charge in [0.25, 0.3) is 0 Å². The van der Waals surface area contributed by atoms with Crippen LogP contribution in [0.1, 0.15) is 18.2 Å². The molecular formula is C17H17F3N2O3. The number of furan rings is 1. The third-order valence-corrected chi connectivity index (χ3v) is 3.34. The first kappa shape index (κ1) is 18.6. The van der Waals surface area contributed by atoms with Gasteiger partial charge in [0.15, 0.2) is 0 Å². The molecule has 2 aromatic rings. The first-order valence-electron chi connectivity index (χ1n) is 7.60. The number of fused-ring (bicyclic) bond motifs is 1. The Morgan fingerprint density at radius 3 is 2.60 bits per heavy atom. The molecule has 0 saturated heterocycles. The minimum absolute atomic E-state index is 0.536. The Balaban J connectivity index is 1.96. The molecule has 5 nitrogen and oxygen atoms in total. The summed E-state index contributed by atoms with van der Waals surface area (Å²) in [6.45, 7) is -0.0510. The van der Waals surface area contributed by atoms with Crippen LogP contribution in [0.25, 0.3) is 17.0 Å². The smallest absolute Gasteiger partial charge is 0.405 e. The zero-order chi connectivity index (χ0) is 18.4. The van der Waals surface area contributed by atoms with Gasteiger partial charge < -0.3 is 15.1 Å². The van der Waals surface area contributed by atoms with E-state index in [0.717, 1.165) is 10.9 Å². The molecule has 0 saturated carbocycles. The van der Waals surface area contributed by atoms with Gasteiger partial charge in [0.05, 0.1) is 6.54 Å². The van der Waals surface area contributed by atoms with Crippen LogP contribution >= 0.6 is 0 Å². The molecule has 2 N–H and O–H groups in total. The average molecular weight is 354 g/mol. The lowest BCUT2D eigenvalue weighted by atomic mass is 10.1. The predicted octanol–water partition coefficient (Wildman–Crippen LogP) is 2.80. The minimum Gasteiger partial charge on any atom is -0.460 e. The van der Waals surface area contributed by atoms with Crippen LogP contribution < -0.4 is 10.6 Å². The molecule has 134 valence electrons. The number of aryl methyl sites for hydroxylation is 1. The number of amides is 2. The lowest BCUT2D eigenvalue weighted by Crippen LogP contribution is -2.40. The van der Waals surface area contributed by atoms with Gasteiger partial charge in [-0.05, 0) is 12.1 Å². The molecule has 0 aliphatic carbocycles. The van der Waals surface area contributed by atoms with Crippen molar-refractivity contribution in [1.29, 1.82) is 0 Å². The molecule has 0 bridgehead atoms. The summed E-state index contributed by atoms with van der Waals surface area (Å²) in [7, 11) is 0. The Kier molecular flexibility index (Phi) is 5.84. The molecule has 0 atom stereocenters. The highest BCUT2D eigenvalue weighted by Gasteiger charge is 2.27. The second-order valence-electron chi connectivity index (χ2n) is 5.23. The largest absolute Gasteiger partial charge is 0.460 e. The highest BCUT2D eigenvalue weighted by molar-refractivity contribution is 5.97. The fraction of sp³-hybridized carbons (Fsp3) is 0.294. The van der Waals surface area contributed by atoms with E-state index in [9.17, 15) is 22.8 Å². The van der Waals surface area contributed by atoms with Crippen molar-refractivity contribution in [2.45, 2.75) is 19.5 Å². The van der Waals surface area contributed by atoms with Crippen LogP contribution in [0.5, 0.6) is 0 Å². The van der Waals surface area contributed by atoms with Crippen LogP contribution in [0.3, 0.4) is 0 Å². The van der Waals surface area contributed by atoms with Crippen LogP contribution in [0, 0.1) is 0 Å². The number of hydrogen-bond acceptors (Lipinski definition) is 3. The second-order valence-corrected chi connectivity index (χ2v) is 5.23. The first-order valence-corrected chi connectivity index (χ1v) is 7.60. The highest BCUT2D eigenvalue weighted by atomic mass is 19.4. The first-order chi connectivity index (χ1) is 11.8. The fourth-order valence-electron chi connectivity index (χ4n) is 2.21. The maximum atomic E-state index is 12.0. The summed E-state index contributed by atoms with van der Waals surface area (Å²) in [5, 5.41) is 4.76. The summed E-state index contributed by atoms with van der Waals surface area (Å²) in [4.78, 5) is 23.0. The standard InChI is InChI=1S/C17H17F3N2O3/c1-2-13-12(11-5-3-4-6-14(11)25-13)7-8-15(23)21-9-16(24)22-10-17(18,19)20/h3-8H,2,9-10H2,1H3,(H,21,23)(H,22,24)/b8-7+. The van der Waals surface area contributed by atoms with Gasteiger partial charge in [-0.2, -0.15) is 13.2 Å². The van der Waals surface area contributed by atoms with Crippen molar-refractivity contribution in [3.8, 4) is 0 Å². The van der Waals surface area contributed by atoms with Crippen LogP contribution in [0.2, 0.25) is 0 Å². The van der Waals surface area contributed by atoms with Crippen molar-refractivity contribution in [2.75, 3.05) is 13.1 Å². The number of carbonyl (C=O) groups excluding carboxylic acids is 2. The third-order valence-electron chi connectivity index (χ3n) is 3.34. The van der Waals surface area contributed by atoms with Crippen molar-refractivity contribution < 1.29 is 27.2 Å². The van der Waals surface area contributed by atoms with E-state index in [1.54, 1.807) is 11.4 Å². The van der Waals surface area contributed by atoms with Crippen LogP contribution in [0.15, 0.2) is 34.8 Å². The Morgan fingerprint density at radius 2 is 1.92 bits per heavy atom. The Morgan fingerprint density at radius 1 is 1.20 bits per heavy atom. The summed E-state index contributed by atoms with van der Waals surface area (Å²) >= 11 is 0. The molecule has 0 radical (unpaired) electrons. The number of alkyl halides is 3. The topological polar surface area (TPSA) is 71.3 Å². The molecular weight excluding hydrogens is 337 g/mol. The van der Waals surface area contributed by atoms with Gasteiger partial charge in [-0.1, -0.05) is 25.1 Å². The van der Waals surface area contributed by atoms with Crippen molar-refractivity contribution in [1.82, 2.24) is 10.6 Å². The molecule has 2 amide bonds. The number of benzene rings is 1. The van der Waals surface area contributed by atoms with E-state index in [0.29, 0.717) is 17.8 Å². The lowest BCUT2D eigenvalue weighted by molar-refractivity contribution is -0.138. The van der Waals surface area contributed by atoms with Crippen LogP contribution in [0.4, 0.5) is 13.2 Å². The molecule has 1 heterocycles. The minimum atomic E-state index is -4.49. The third kappa shape index (κ3) is 5.37. The van der Waals surface area contributed by atoms with Crippen LogP contribution in [-0.4, -0.2) is 31.1 Å². The SMILES string of the molecule is CCc1oc2ccccc2c1/C=C/C(=O)NCC(=O)NCC(F)(F)F. The molecule has 1 aromatic heterocycles. The Labute approximate surface area is 141 Å². The average Bonchev–Trinajstić information content (AvgIpc) is 2.93. The van der Waals surface area contributed by atoms with E-state index in [4.69, 9.17) is 4.42 Å². The van der Waals surface area contributed by atoms with Crippen molar-refractivity contribution in [3.05, 3.63) is 41.7 Å². The van der Waals surface area contributed by atoms with Crippen molar-refractivity contribution in [2.24, 2.45) is 0 Å². The molecule has 25 heavy (non-hydrogen) atoms. The highest BCUT2D eigenvalue weighted by Crippen LogP contribution is 2.27. The number of hydrogen-bond donors (Lipinski definition) is 2. The molecule has 0 fully saturated rings. The number of halogens is 3. The van der Waals surface area contributed by atoms with Gasteiger partial charge in [0, 0.05) is 23.4 Å². The van der Waals surface area contributed by atoms with Crippen LogP contribution in [-0.2, 0) is 16.0 Å². The summed E-state index contributed by atoms with van der Waals surface area (Å²) in [5.74, 6) is -0.787. The predicted molar refractivity (Wildman–Crippen MR) is 86.7 cm³/mol. The molecule has 0 aliphatic rings. The quantitative estimate of drug-likeness (QED) is 0.784. The number of nitrogens with one attached hydrogen (secondary N) is 2. The molecule has 2 rings (SSSR count). The van der Waals surface area contributed by atoms with E-state index < -0.39 is 31.1 Å². The molecule has 8 heteroatoms. The molecule has 0 aliphatic heterocycles. The summed E-state index contributed by atoms with van der Waals surface area (Å²) < 4.78 is 41.6. The Hall–Kier alpha value is -2.77.